The lowest BCUT2D eigenvalue weighted by Crippen LogP contribution is -2.45. The van der Waals surface area contributed by atoms with Crippen LogP contribution in [0.4, 0.5) is 10.5 Å². The summed E-state index contributed by atoms with van der Waals surface area (Å²) in [6.07, 6.45) is 5.52. The molecular weight excluding hydrogens is 342 g/mol. The van der Waals surface area contributed by atoms with E-state index in [1.54, 1.807) is 12.1 Å². The van der Waals surface area contributed by atoms with Crippen LogP contribution in [0.15, 0.2) is 54.6 Å². The Kier molecular flexibility index (Phi) is 6.68. The smallest absolute Gasteiger partial charge is 0.315 e. The predicted octanol–water partition coefficient (Wildman–Crippen LogP) is 4.05. The maximum atomic E-state index is 12.2. The van der Waals surface area contributed by atoms with E-state index in [2.05, 4.69) is 16.0 Å². The van der Waals surface area contributed by atoms with Crippen molar-refractivity contribution >= 4 is 17.6 Å². The average Bonchev–Trinajstić information content (AvgIpc) is 2.69. The topological polar surface area (TPSA) is 79.5 Å². The van der Waals surface area contributed by atoms with Crippen LogP contribution in [0, 0.1) is 0 Å². The third kappa shape index (κ3) is 6.02. The van der Waals surface area contributed by atoms with Crippen LogP contribution in [0.25, 0.3) is 0 Å². The van der Waals surface area contributed by atoms with Crippen molar-refractivity contribution in [3.8, 4) is 11.5 Å². The number of carbonyl (C=O) groups excluding carboxylic acids is 2. The van der Waals surface area contributed by atoms with Gasteiger partial charge in [0.25, 0.3) is 0 Å². The molecule has 1 fully saturated rings. The molecule has 1 aliphatic carbocycles. The fraction of sp³-hybridized carbons (Fsp3) is 0.333. The second-order valence-corrected chi connectivity index (χ2v) is 6.62. The third-order valence-electron chi connectivity index (χ3n) is 4.48. The van der Waals surface area contributed by atoms with Crippen molar-refractivity contribution in [2.45, 2.75) is 38.1 Å². The molecule has 3 N–H and O–H groups in total. The zero-order chi connectivity index (χ0) is 18.9. The Morgan fingerprint density at radius 3 is 2.41 bits per heavy atom. The van der Waals surface area contributed by atoms with Gasteiger partial charge in [-0.25, -0.2) is 4.79 Å². The summed E-state index contributed by atoms with van der Waals surface area (Å²) in [5, 5.41) is 8.33. The number of hydrogen-bond donors (Lipinski definition) is 3. The van der Waals surface area contributed by atoms with Crippen LogP contribution in [-0.4, -0.2) is 24.5 Å². The summed E-state index contributed by atoms with van der Waals surface area (Å²) < 4.78 is 5.82. The van der Waals surface area contributed by atoms with Crippen LogP contribution in [0.3, 0.4) is 0 Å². The minimum Gasteiger partial charge on any atom is -0.455 e. The summed E-state index contributed by atoms with van der Waals surface area (Å²) in [5.41, 5.74) is 0.556. The third-order valence-corrected chi connectivity index (χ3v) is 4.48. The zero-order valence-electron chi connectivity index (χ0n) is 15.2. The molecule has 0 radical (unpaired) electrons. The van der Waals surface area contributed by atoms with Crippen molar-refractivity contribution in [2.24, 2.45) is 0 Å². The fourth-order valence-corrected chi connectivity index (χ4v) is 3.11. The Hall–Kier alpha value is -3.02. The van der Waals surface area contributed by atoms with E-state index in [9.17, 15) is 9.59 Å². The Bertz CT molecular complexity index is 758. The van der Waals surface area contributed by atoms with E-state index in [4.69, 9.17) is 4.74 Å². The SMILES string of the molecule is O=C(CNC(=O)NC1CCCCC1)Nc1ccccc1Oc1ccccc1. The number of rotatable bonds is 6. The molecule has 3 rings (SSSR count). The Labute approximate surface area is 159 Å². The highest BCUT2D eigenvalue weighted by atomic mass is 16.5. The molecule has 6 heteroatoms. The molecule has 142 valence electrons. The largest absolute Gasteiger partial charge is 0.455 e. The van der Waals surface area contributed by atoms with E-state index in [-0.39, 0.29) is 24.5 Å². The lowest BCUT2D eigenvalue weighted by Gasteiger charge is -2.22. The molecule has 0 heterocycles. The van der Waals surface area contributed by atoms with Crippen LogP contribution in [0.1, 0.15) is 32.1 Å². The first-order valence-electron chi connectivity index (χ1n) is 9.37. The van der Waals surface area contributed by atoms with Crippen LogP contribution >= 0.6 is 0 Å². The van der Waals surface area contributed by atoms with Crippen molar-refractivity contribution in [2.75, 3.05) is 11.9 Å². The van der Waals surface area contributed by atoms with E-state index < -0.39 is 0 Å². The van der Waals surface area contributed by atoms with Gasteiger partial charge in [0.2, 0.25) is 5.91 Å². The molecule has 1 aliphatic rings. The minimum atomic E-state index is -0.307. The quantitative estimate of drug-likeness (QED) is 0.721. The molecule has 2 aromatic carbocycles. The van der Waals surface area contributed by atoms with Crippen molar-refractivity contribution in [1.29, 1.82) is 0 Å². The van der Waals surface area contributed by atoms with Crippen molar-refractivity contribution in [3.63, 3.8) is 0 Å². The van der Waals surface area contributed by atoms with Gasteiger partial charge in [-0.05, 0) is 37.1 Å². The molecule has 3 amide bonds. The molecular formula is C21H25N3O3. The number of urea groups is 1. The number of carbonyl (C=O) groups is 2. The van der Waals surface area contributed by atoms with Crippen LogP contribution in [0.5, 0.6) is 11.5 Å². The normalized spacial score (nSPS) is 14.2. The van der Waals surface area contributed by atoms with E-state index >= 15 is 0 Å². The van der Waals surface area contributed by atoms with Crippen molar-refractivity contribution in [3.05, 3.63) is 54.6 Å². The summed E-state index contributed by atoms with van der Waals surface area (Å²) in [5.74, 6) is 0.922. The van der Waals surface area contributed by atoms with E-state index in [0.29, 0.717) is 17.2 Å². The number of ether oxygens (including phenoxy) is 1. The Balaban J connectivity index is 1.49. The molecule has 0 aliphatic heterocycles. The maximum absolute atomic E-state index is 12.2. The molecule has 0 saturated heterocycles. The van der Waals surface area contributed by atoms with Gasteiger partial charge in [-0.15, -0.1) is 0 Å². The van der Waals surface area contributed by atoms with Gasteiger partial charge in [0.1, 0.15) is 5.75 Å². The average molecular weight is 367 g/mol. The number of benzene rings is 2. The van der Waals surface area contributed by atoms with Gasteiger partial charge in [0.15, 0.2) is 5.75 Å². The van der Waals surface area contributed by atoms with E-state index in [0.717, 1.165) is 25.7 Å². The zero-order valence-corrected chi connectivity index (χ0v) is 15.2. The summed E-state index contributed by atoms with van der Waals surface area (Å²) in [6.45, 7) is -0.0990. The van der Waals surface area contributed by atoms with Crippen molar-refractivity contribution < 1.29 is 14.3 Å². The first-order chi connectivity index (χ1) is 13.2. The molecule has 0 aromatic heterocycles. The summed E-state index contributed by atoms with van der Waals surface area (Å²) in [4.78, 5) is 24.2. The molecule has 1 saturated carbocycles. The molecule has 27 heavy (non-hydrogen) atoms. The van der Waals surface area contributed by atoms with Crippen molar-refractivity contribution in [1.82, 2.24) is 10.6 Å². The molecule has 0 spiro atoms. The van der Waals surface area contributed by atoms with Crippen LogP contribution in [0.2, 0.25) is 0 Å². The molecule has 0 atom stereocenters. The van der Waals surface area contributed by atoms with E-state index in [1.807, 2.05) is 42.5 Å². The monoisotopic (exact) mass is 367 g/mol. The van der Waals surface area contributed by atoms with Gasteiger partial charge in [0.05, 0.1) is 12.2 Å². The highest BCUT2D eigenvalue weighted by molar-refractivity contribution is 5.95. The highest BCUT2D eigenvalue weighted by Gasteiger charge is 2.16. The number of anilines is 1. The number of para-hydroxylation sites is 3. The lowest BCUT2D eigenvalue weighted by molar-refractivity contribution is -0.115. The molecule has 0 unspecified atom stereocenters. The van der Waals surface area contributed by atoms with Crippen LogP contribution < -0.4 is 20.7 Å². The Morgan fingerprint density at radius 1 is 0.926 bits per heavy atom. The van der Waals surface area contributed by atoms with Crippen LogP contribution in [-0.2, 0) is 4.79 Å². The Morgan fingerprint density at radius 2 is 1.63 bits per heavy atom. The number of amides is 3. The van der Waals surface area contributed by atoms with Gasteiger partial charge in [-0.1, -0.05) is 49.6 Å². The molecule has 6 nitrogen and oxygen atoms in total. The first kappa shape index (κ1) is 18.8. The summed E-state index contributed by atoms with van der Waals surface area (Å²) in [7, 11) is 0. The number of hydrogen-bond acceptors (Lipinski definition) is 3. The van der Waals surface area contributed by atoms with Gasteiger partial charge in [-0.2, -0.15) is 0 Å². The van der Waals surface area contributed by atoms with Gasteiger partial charge < -0.3 is 20.7 Å². The predicted molar refractivity (Wildman–Crippen MR) is 105 cm³/mol. The molecule has 2 aromatic rings. The maximum Gasteiger partial charge on any atom is 0.315 e. The minimum absolute atomic E-state index is 0.0990. The lowest BCUT2D eigenvalue weighted by atomic mass is 9.96. The van der Waals surface area contributed by atoms with E-state index in [1.165, 1.54) is 6.42 Å². The second-order valence-electron chi connectivity index (χ2n) is 6.62. The standard InChI is InChI=1S/C21H25N3O3/c25-20(15-22-21(26)23-16-9-3-1-4-10-16)24-18-13-7-8-14-19(18)27-17-11-5-2-6-12-17/h2,5-8,11-14,16H,1,3-4,9-10,15H2,(H,24,25)(H2,22,23,26). The second kappa shape index (κ2) is 9.62. The summed E-state index contributed by atoms with van der Waals surface area (Å²) in [6, 6.07) is 16.5. The van der Waals surface area contributed by atoms with Gasteiger partial charge in [0, 0.05) is 6.04 Å². The van der Waals surface area contributed by atoms with Gasteiger partial charge in [-0.3, -0.25) is 4.79 Å². The first-order valence-corrected chi connectivity index (χ1v) is 9.37. The summed E-state index contributed by atoms with van der Waals surface area (Å²) >= 11 is 0. The fourth-order valence-electron chi connectivity index (χ4n) is 3.11. The highest BCUT2D eigenvalue weighted by Crippen LogP contribution is 2.28. The van der Waals surface area contributed by atoms with Gasteiger partial charge >= 0.3 is 6.03 Å². The molecule has 0 bridgehead atoms. The number of nitrogens with one attached hydrogen (secondary N) is 3.